The molecule has 2 amide bonds. The van der Waals surface area contributed by atoms with E-state index in [0.717, 1.165) is 13.1 Å². The Bertz CT molecular complexity index is 739. The number of amides is 2. The van der Waals surface area contributed by atoms with Crippen LogP contribution in [0.1, 0.15) is 12.8 Å². The zero-order valence-electron chi connectivity index (χ0n) is 13.8. The van der Waals surface area contributed by atoms with Gasteiger partial charge in [0.05, 0.1) is 0 Å². The van der Waals surface area contributed by atoms with E-state index in [1.807, 2.05) is 12.3 Å². The highest BCUT2D eigenvalue weighted by molar-refractivity contribution is 5.97. The summed E-state index contributed by atoms with van der Waals surface area (Å²) in [5.41, 5.74) is 4.95. The summed E-state index contributed by atoms with van der Waals surface area (Å²) in [7, 11) is 0. The molecule has 0 bridgehead atoms. The average Bonchev–Trinajstić information content (AvgIpc) is 3.16. The van der Waals surface area contributed by atoms with Crippen LogP contribution < -0.4 is 21.1 Å². The number of primary amides is 1. The molecule has 0 saturated carbocycles. The van der Waals surface area contributed by atoms with Gasteiger partial charge in [-0.1, -0.05) is 6.07 Å². The van der Waals surface area contributed by atoms with Gasteiger partial charge in [0.1, 0.15) is 11.3 Å². The maximum absolute atomic E-state index is 13.1. The lowest BCUT2D eigenvalue weighted by atomic mass is 9.87. The zero-order chi connectivity index (χ0) is 17.7. The molecule has 0 radical (unpaired) electrons. The number of rotatable bonds is 6. The standard InChI is InChI=1S/C17H21N5O3/c18-15(23)12-25-14-4-1-3-13(11-14)21-16(24)17(5-8-19-9-6-17)22-10-2-7-20-22/h1-4,7,10-11,19H,5-6,8-9,12H2,(H2,18,23)(H,21,24). The van der Waals surface area contributed by atoms with Crippen LogP contribution in [0.3, 0.4) is 0 Å². The van der Waals surface area contributed by atoms with E-state index in [9.17, 15) is 9.59 Å². The fraction of sp³-hybridized carbons (Fsp3) is 0.353. The topological polar surface area (TPSA) is 111 Å². The minimum Gasteiger partial charge on any atom is -0.484 e. The van der Waals surface area contributed by atoms with E-state index in [1.165, 1.54) is 0 Å². The Kier molecular flexibility index (Phi) is 4.99. The van der Waals surface area contributed by atoms with Crippen LogP contribution in [0.25, 0.3) is 0 Å². The molecule has 1 fully saturated rings. The van der Waals surface area contributed by atoms with Gasteiger partial charge in [0.2, 0.25) is 0 Å². The van der Waals surface area contributed by atoms with Crippen LogP contribution in [0.15, 0.2) is 42.7 Å². The van der Waals surface area contributed by atoms with Gasteiger partial charge < -0.3 is 21.1 Å². The summed E-state index contributed by atoms with van der Waals surface area (Å²) in [6.45, 7) is 1.28. The van der Waals surface area contributed by atoms with Crippen molar-refractivity contribution in [3.63, 3.8) is 0 Å². The summed E-state index contributed by atoms with van der Waals surface area (Å²) in [5, 5.41) is 10.5. The third kappa shape index (κ3) is 3.80. The molecule has 1 aromatic carbocycles. The number of carbonyl (C=O) groups excluding carboxylic acids is 2. The van der Waals surface area contributed by atoms with Crippen molar-refractivity contribution < 1.29 is 14.3 Å². The predicted octanol–water partition coefficient (Wildman–Crippen LogP) is 0.465. The van der Waals surface area contributed by atoms with Crippen LogP contribution in [0.4, 0.5) is 5.69 Å². The third-order valence-electron chi connectivity index (χ3n) is 4.27. The smallest absolute Gasteiger partial charge is 0.255 e. The van der Waals surface area contributed by atoms with Gasteiger partial charge in [0, 0.05) is 24.1 Å². The minimum absolute atomic E-state index is 0.121. The average molecular weight is 343 g/mol. The first-order valence-electron chi connectivity index (χ1n) is 8.14. The van der Waals surface area contributed by atoms with Gasteiger partial charge in [-0.05, 0) is 44.1 Å². The molecule has 8 nitrogen and oxygen atoms in total. The van der Waals surface area contributed by atoms with Crippen LogP contribution in [-0.2, 0) is 15.1 Å². The summed E-state index contributed by atoms with van der Waals surface area (Å²) < 4.78 is 7.01. The number of nitrogens with two attached hydrogens (primary N) is 1. The first kappa shape index (κ1) is 17.0. The molecule has 1 aliphatic heterocycles. The number of aromatic nitrogens is 2. The zero-order valence-corrected chi connectivity index (χ0v) is 13.8. The van der Waals surface area contributed by atoms with Gasteiger partial charge in [0.25, 0.3) is 11.8 Å². The Balaban J connectivity index is 1.78. The number of hydrogen-bond donors (Lipinski definition) is 3. The van der Waals surface area contributed by atoms with Crippen LogP contribution in [-0.4, -0.2) is 41.3 Å². The number of benzene rings is 1. The van der Waals surface area contributed by atoms with E-state index in [1.54, 1.807) is 35.1 Å². The second-order valence-corrected chi connectivity index (χ2v) is 5.97. The van der Waals surface area contributed by atoms with E-state index in [0.29, 0.717) is 24.3 Å². The normalized spacial score (nSPS) is 16.2. The Labute approximate surface area is 145 Å². The number of piperidine rings is 1. The SMILES string of the molecule is NC(=O)COc1cccc(NC(=O)C2(n3cccn3)CCNCC2)c1. The Morgan fingerprint density at radius 1 is 1.32 bits per heavy atom. The number of anilines is 1. The van der Waals surface area contributed by atoms with Gasteiger partial charge in [-0.2, -0.15) is 5.10 Å². The van der Waals surface area contributed by atoms with Crippen molar-refractivity contribution in [2.75, 3.05) is 25.0 Å². The lowest BCUT2D eigenvalue weighted by molar-refractivity contribution is -0.126. The third-order valence-corrected chi connectivity index (χ3v) is 4.27. The maximum Gasteiger partial charge on any atom is 0.255 e. The molecule has 1 aromatic heterocycles. The molecule has 0 aliphatic carbocycles. The predicted molar refractivity (Wildman–Crippen MR) is 92.1 cm³/mol. The molecule has 0 atom stereocenters. The van der Waals surface area contributed by atoms with Gasteiger partial charge >= 0.3 is 0 Å². The molecule has 0 unspecified atom stereocenters. The van der Waals surface area contributed by atoms with E-state index in [4.69, 9.17) is 10.5 Å². The lowest BCUT2D eigenvalue weighted by Gasteiger charge is -2.36. The van der Waals surface area contributed by atoms with Gasteiger partial charge in [0.15, 0.2) is 6.61 Å². The molecule has 3 rings (SSSR count). The maximum atomic E-state index is 13.1. The molecule has 2 heterocycles. The highest BCUT2D eigenvalue weighted by Gasteiger charge is 2.42. The van der Waals surface area contributed by atoms with Crippen LogP contribution >= 0.6 is 0 Å². The number of ether oxygens (including phenoxy) is 1. The van der Waals surface area contributed by atoms with Crippen molar-refractivity contribution in [3.8, 4) is 5.75 Å². The quantitative estimate of drug-likeness (QED) is 0.706. The van der Waals surface area contributed by atoms with Crippen molar-refractivity contribution in [3.05, 3.63) is 42.7 Å². The molecule has 2 aromatic rings. The molecule has 8 heteroatoms. The first-order chi connectivity index (χ1) is 12.1. The van der Waals surface area contributed by atoms with E-state index >= 15 is 0 Å². The number of nitrogens with one attached hydrogen (secondary N) is 2. The summed E-state index contributed by atoms with van der Waals surface area (Å²) >= 11 is 0. The molecular weight excluding hydrogens is 322 g/mol. The molecule has 4 N–H and O–H groups in total. The summed E-state index contributed by atoms with van der Waals surface area (Å²) in [6.07, 6.45) is 4.80. The van der Waals surface area contributed by atoms with Crippen molar-refractivity contribution in [1.29, 1.82) is 0 Å². The van der Waals surface area contributed by atoms with E-state index in [2.05, 4.69) is 15.7 Å². The van der Waals surface area contributed by atoms with Crippen LogP contribution in [0, 0.1) is 0 Å². The highest BCUT2D eigenvalue weighted by Crippen LogP contribution is 2.29. The van der Waals surface area contributed by atoms with Crippen molar-refractivity contribution in [1.82, 2.24) is 15.1 Å². The summed E-state index contributed by atoms with van der Waals surface area (Å²) in [6, 6.07) is 8.70. The van der Waals surface area contributed by atoms with E-state index < -0.39 is 11.4 Å². The van der Waals surface area contributed by atoms with Gasteiger partial charge in [-0.15, -0.1) is 0 Å². The van der Waals surface area contributed by atoms with Crippen molar-refractivity contribution >= 4 is 17.5 Å². The Morgan fingerprint density at radius 3 is 2.80 bits per heavy atom. The molecule has 0 spiro atoms. The number of carbonyl (C=O) groups is 2. The number of hydrogen-bond acceptors (Lipinski definition) is 5. The number of nitrogens with zero attached hydrogens (tertiary/aromatic N) is 2. The fourth-order valence-electron chi connectivity index (χ4n) is 2.99. The summed E-state index contributed by atoms with van der Waals surface area (Å²) in [5.74, 6) is -0.207. The molecule has 132 valence electrons. The first-order valence-corrected chi connectivity index (χ1v) is 8.14. The Hall–Kier alpha value is -2.87. The molecule has 25 heavy (non-hydrogen) atoms. The second kappa shape index (κ2) is 7.35. The van der Waals surface area contributed by atoms with Crippen LogP contribution in [0.2, 0.25) is 0 Å². The molecule has 1 aliphatic rings. The Morgan fingerprint density at radius 2 is 2.12 bits per heavy atom. The monoisotopic (exact) mass is 343 g/mol. The second-order valence-electron chi connectivity index (χ2n) is 5.97. The van der Waals surface area contributed by atoms with Crippen LogP contribution in [0.5, 0.6) is 5.75 Å². The fourth-order valence-corrected chi connectivity index (χ4v) is 2.99. The largest absolute Gasteiger partial charge is 0.484 e. The highest BCUT2D eigenvalue weighted by atomic mass is 16.5. The lowest BCUT2D eigenvalue weighted by Crippen LogP contribution is -2.52. The van der Waals surface area contributed by atoms with Crippen molar-refractivity contribution in [2.45, 2.75) is 18.4 Å². The van der Waals surface area contributed by atoms with Gasteiger partial charge in [-0.3, -0.25) is 14.3 Å². The minimum atomic E-state index is -0.723. The summed E-state index contributed by atoms with van der Waals surface area (Å²) in [4.78, 5) is 23.9. The molecular formula is C17H21N5O3. The molecule has 1 saturated heterocycles. The van der Waals surface area contributed by atoms with Crippen molar-refractivity contribution in [2.24, 2.45) is 5.73 Å². The van der Waals surface area contributed by atoms with E-state index in [-0.39, 0.29) is 12.5 Å². The van der Waals surface area contributed by atoms with Gasteiger partial charge in [-0.25, -0.2) is 0 Å².